The summed E-state index contributed by atoms with van der Waals surface area (Å²) < 4.78 is 0. The second-order valence-corrected chi connectivity index (χ2v) is 5.81. The molecule has 0 saturated heterocycles. The summed E-state index contributed by atoms with van der Waals surface area (Å²) in [6, 6.07) is 19.5. The van der Waals surface area contributed by atoms with E-state index in [1.807, 2.05) is 24.3 Å². The second-order valence-electron chi connectivity index (χ2n) is 4.99. The zero-order valence-corrected chi connectivity index (χ0v) is 12.8. The quantitative estimate of drug-likeness (QED) is 0.683. The number of benzene rings is 3. The van der Waals surface area contributed by atoms with Gasteiger partial charge in [0.15, 0.2) is 0 Å². The van der Waals surface area contributed by atoms with Crippen LogP contribution < -0.4 is 0 Å². The Morgan fingerprint density at radius 1 is 0.810 bits per heavy atom. The van der Waals surface area contributed by atoms with Crippen molar-refractivity contribution in [3.8, 4) is 0 Å². The average molecular weight is 317 g/mol. The number of fused-ring (bicyclic) bond motifs is 1. The van der Waals surface area contributed by atoms with E-state index in [2.05, 4.69) is 18.2 Å². The van der Waals surface area contributed by atoms with Crippen molar-refractivity contribution in [3.63, 3.8) is 0 Å². The Bertz CT molecular complexity index is 758. The van der Waals surface area contributed by atoms with Crippen molar-refractivity contribution in [3.05, 3.63) is 81.8 Å². The van der Waals surface area contributed by atoms with Crippen LogP contribution >= 0.6 is 23.2 Å². The highest BCUT2D eigenvalue weighted by molar-refractivity contribution is 6.36. The molecular weight excluding hydrogens is 303 g/mol. The van der Waals surface area contributed by atoms with Crippen LogP contribution in [0, 0.1) is 0 Å². The Morgan fingerprint density at radius 2 is 1.43 bits per heavy atom. The van der Waals surface area contributed by atoms with Crippen LogP contribution in [0.4, 0.5) is 0 Å². The number of hydrogen-bond acceptors (Lipinski definition) is 1. The van der Waals surface area contributed by atoms with E-state index in [0.717, 1.165) is 16.3 Å². The maximum absolute atomic E-state index is 10.5. The molecule has 21 heavy (non-hydrogen) atoms. The number of halogens is 2. The van der Waals surface area contributed by atoms with Crippen LogP contribution in [0.25, 0.3) is 10.8 Å². The van der Waals surface area contributed by atoms with Crippen LogP contribution in [0.1, 0.15) is 17.2 Å². The fourth-order valence-electron chi connectivity index (χ4n) is 2.61. The van der Waals surface area contributed by atoms with Gasteiger partial charge in [0.2, 0.25) is 0 Å². The predicted octanol–water partition coefficient (Wildman–Crippen LogP) is 5.42. The van der Waals surface area contributed by atoms with E-state index >= 15 is 0 Å². The summed E-state index contributed by atoms with van der Waals surface area (Å²) in [5, 5.41) is 13.8. The van der Waals surface area contributed by atoms with Gasteiger partial charge in [-0.2, -0.15) is 0 Å². The Kier molecular flexibility index (Phi) is 4.16. The molecule has 0 fully saturated rings. The van der Waals surface area contributed by atoms with Gasteiger partial charge < -0.3 is 5.11 Å². The molecule has 0 aliphatic rings. The van der Waals surface area contributed by atoms with Crippen LogP contribution in [-0.2, 0) is 6.42 Å². The number of aliphatic hydroxyl groups is 1. The molecule has 3 rings (SSSR count). The standard InChI is InChI=1S/C18H14Cl2O/c19-15-9-4-10-16(20)18(15)17(21)11-13-7-3-6-12-5-1-2-8-14(12)13/h1-10,17,21H,11H2. The van der Waals surface area contributed by atoms with E-state index in [0.29, 0.717) is 22.0 Å². The normalized spacial score (nSPS) is 12.5. The average Bonchev–Trinajstić information content (AvgIpc) is 2.47. The SMILES string of the molecule is OC(Cc1cccc2ccccc12)c1c(Cl)cccc1Cl. The monoisotopic (exact) mass is 316 g/mol. The molecule has 0 aromatic heterocycles. The first-order valence-corrected chi connectivity index (χ1v) is 7.51. The summed E-state index contributed by atoms with van der Waals surface area (Å²) in [5.41, 5.74) is 1.67. The molecule has 1 N–H and O–H groups in total. The van der Waals surface area contributed by atoms with E-state index in [1.54, 1.807) is 18.2 Å². The molecule has 0 aliphatic carbocycles. The van der Waals surface area contributed by atoms with Crippen molar-refractivity contribution >= 4 is 34.0 Å². The van der Waals surface area contributed by atoms with Crippen LogP contribution in [0.2, 0.25) is 10.0 Å². The van der Waals surface area contributed by atoms with Crippen LogP contribution in [-0.4, -0.2) is 5.11 Å². The summed E-state index contributed by atoms with van der Waals surface area (Å²) in [5.74, 6) is 0. The van der Waals surface area contributed by atoms with Gasteiger partial charge in [0.1, 0.15) is 0 Å². The Morgan fingerprint density at radius 3 is 2.19 bits per heavy atom. The molecule has 0 aliphatic heterocycles. The highest BCUT2D eigenvalue weighted by atomic mass is 35.5. The van der Waals surface area contributed by atoms with E-state index in [4.69, 9.17) is 23.2 Å². The van der Waals surface area contributed by atoms with E-state index < -0.39 is 6.10 Å². The van der Waals surface area contributed by atoms with Gasteiger partial charge in [0, 0.05) is 22.0 Å². The minimum atomic E-state index is -0.725. The molecule has 1 nitrogen and oxygen atoms in total. The summed E-state index contributed by atoms with van der Waals surface area (Å²) in [7, 11) is 0. The topological polar surface area (TPSA) is 20.2 Å². The number of aliphatic hydroxyl groups excluding tert-OH is 1. The number of hydrogen-bond donors (Lipinski definition) is 1. The number of rotatable bonds is 3. The zero-order chi connectivity index (χ0) is 14.8. The van der Waals surface area contributed by atoms with Gasteiger partial charge in [-0.05, 0) is 28.5 Å². The van der Waals surface area contributed by atoms with Crippen LogP contribution in [0.3, 0.4) is 0 Å². The molecule has 3 aromatic rings. The lowest BCUT2D eigenvalue weighted by atomic mass is 9.96. The molecule has 3 aromatic carbocycles. The third-order valence-corrected chi connectivity index (χ3v) is 4.29. The predicted molar refractivity (Wildman–Crippen MR) is 89.1 cm³/mol. The zero-order valence-electron chi connectivity index (χ0n) is 11.3. The molecule has 0 radical (unpaired) electrons. The third kappa shape index (κ3) is 2.91. The smallest absolute Gasteiger partial charge is 0.0859 e. The summed E-state index contributed by atoms with van der Waals surface area (Å²) >= 11 is 12.3. The minimum Gasteiger partial charge on any atom is -0.388 e. The summed E-state index contributed by atoms with van der Waals surface area (Å²) in [6.07, 6.45) is -0.248. The Labute approximate surface area is 133 Å². The van der Waals surface area contributed by atoms with Crippen molar-refractivity contribution in [1.29, 1.82) is 0 Å². The fourth-order valence-corrected chi connectivity index (χ4v) is 3.26. The molecule has 0 bridgehead atoms. The highest BCUT2D eigenvalue weighted by Gasteiger charge is 2.16. The van der Waals surface area contributed by atoms with Crippen LogP contribution in [0.15, 0.2) is 60.7 Å². The van der Waals surface area contributed by atoms with Gasteiger partial charge in [-0.1, -0.05) is 71.7 Å². The van der Waals surface area contributed by atoms with Gasteiger partial charge >= 0.3 is 0 Å². The summed E-state index contributed by atoms with van der Waals surface area (Å²) in [6.45, 7) is 0. The molecule has 0 amide bonds. The molecule has 106 valence electrons. The van der Waals surface area contributed by atoms with Gasteiger partial charge in [-0.3, -0.25) is 0 Å². The lowest BCUT2D eigenvalue weighted by molar-refractivity contribution is 0.179. The first-order valence-electron chi connectivity index (χ1n) is 6.75. The van der Waals surface area contributed by atoms with E-state index in [1.165, 1.54) is 0 Å². The van der Waals surface area contributed by atoms with Crippen LogP contribution in [0.5, 0.6) is 0 Å². The first kappa shape index (κ1) is 14.4. The molecular formula is C18H14Cl2O. The maximum Gasteiger partial charge on any atom is 0.0859 e. The van der Waals surface area contributed by atoms with Gasteiger partial charge in [-0.25, -0.2) is 0 Å². The second kappa shape index (κ2) is 6.07. The minimum absolute atomic E-state index is 0.477. The maximum atomic E-state index is 10.5. The van der Waals surface area contributed by atoms with Crippen molar-refractivity contribution in [2.24, 2.45) is 0 Å². The van der Waals surface area contributed by atoms with Crippen molar-refractivity contribution < 1.29 is 5.11 Å². The lowest BCUT2D eigenvalue weighted by Crippen LogP contribution is -2.04. The Hall–Kier alpha value is -1.54. The third-order valence-electron chi connectivity index (χ3n) is 3.63. The molecule has 3 heteroatoms. The van der Waals surface area contributed by atoms with E-state index in [9.17, 15) is 5.11 Å². The molecule has 0 heterocycles. The van der Waals surface area contributed by atoms with Crippen molar-refractivity contribution in [1.82, 2.24) is 0 Å². The van der Waals surface area contributed by atoms with Gasteiger partial charge in [0.05, 0.1) is 6.10 Å². The van der Waals surface area contributed by atoms with Gasteiger partial charge in [-0.15, -0.1) is 0 Å². The van der Waals surface area contributed by atoms with E-state index in [-0.39, 0.29) is 0 Å². The lowest BCUT2D eigenvalue weighted by Gasteiger charge is -2.15. The highest BCUT2D eigenvalue weighted by Crippen LogP contribution is 2.33. The Balaban J connectivity index is 1.99. The largest absolute Gasteiger partial charge is 0.388 e. The molecule has 1 atom stereocenters. The first-order chi connectivity index (χ1) is 10.2. The molecule has 1 unspecified atom stereocenters. The van der Waals surface area contributed by atoms with Crippen molar-refractivity contribution in [2.75, 3.05) is 0 Å². The summed E-state index contributed by atoms with van der Waals surface area (Å²) in [4.78, 5) is 0. The molecule has 0 spiro atoms. The van der Waals surface area contributed by atoms with Gasteiger partial charge in [0.25, 0.3) is 0 Å². The molecule has 0 saturated carbocycles. The van der Waals surface area contributed by atoms with Crippen molar-refractivity contribution in [2.45, 2.75) is 12.5 Å². The fraction of sp³-hybridized carbons (Fsp3) is 0.111.